The molecule has 0 saturated heterocycles. The van der Waals surface area contributed by atoms with E-state index in [9.17, 15) is 0 Å². The summed E-state index contributed by atoms with van der Waals surface area (Å²) >= 11 is 1.57. The molecule has 0 aliphatic heterocycles. The van der Waals surface area contributed by atoms with Crippen molar-refractivity contribution in [1.29, 1.82) is 0 Å². The quantitative estimate of drug-likeness (QED) is 0.176. The first-order chi connectivity index (χ1) is 32.4. The fourth-order valence-electron chi connectivity index (χ4n) is 8.20. The Kier molecular flexibility index (Phi) is 5.18. The average Bonchev–Trinajstić information content (AvgIpc) is 4.02. The Hall–Kier alpha value is -7.41. The van der Waals surface area contributed by atoms with Crippen LogP contribution in [0.4, 0.5) is 0 Å². The number of thiophene rings is 1. The largest absolute Gasteiger partial charge is 0.309 e. The summed E-state index contributed by atoms with van der Waals surface area (Å²) in [6, 6.07) is 38.0. The Labute approximate surface area is 345 Å². The first-order valence-electron chi connectivity index (χ1n) is 23.3. The molecule has 5 nitrogen and oxygen atoms in total. The van der Waals surface area contributed by atoms with Gasteiger partial charge in [-0.2, -0.15) is 0 Å². The molecule has 12 rings (SSSR count). The number of rotatable bonds is 5. The van der Waals surface area contributed by atoms with Crippen molar-refractivity contribution >= 4 is 75.1 Å². The van der Waals surface area contributed by atoms with Crippen LogP contribution >= 0.6 is 11.3 Å². The van der Waals surface area contributed by atoms with Crippen LogP contribution in [0.15, 0.2) is 188 Å². The highest BCUT2D eigenvalue weighted by atomic mass is 32.1. The summed E-state index contributed by atoms with van der Waals surface area (Å²) in [5.74, 6) is -0.611. The summed E-state index contributed by atoms with van der Waals surface area (Å²) in [6.45, 7) is 0. The molecule has 266 valence electrons. The number of hydrogen-bond acceptors (Lipinski definition) is 4. The summed E-state index contributed by atoms with van der Waals surface area (Å²) in [7, 11) is 0. The Morgan fingerprint density at radius 3 is 1.75 bits per heavy atom. The predicted octanol–water partition coefficient (Wildman–Crippen LogP) is 13.4. The smallest absolute Gasteiger partial charge is 0.164 e. The fraction of sp³-hybridized carbons (Fsp3) is 0. The van der Waals surface area contributed by atoms with Gasteiger partial charge in [0, 0.05) is 64.1 Å². The van der Waals surface area contributed by atoms with Crippen LogP contribution < -0.4 is 0 Å². The topological polar surface area (TPSA) is 48.5 Å². The van der Waals surface area contributed by atoms with Crippen molar-refractivity contribution in [2.75, 3.05) is 0 Å². The normalized spacial score (nSPS) is 14.3. The van der Waals surface area contributed by atoms with Gasteiger partial charge in [0.1, 0.15) is 0 Å². The van der Waals surface area contributed by atoms with Gasteiger partial charge in [-0.25, -0.2) is 15.0 Å². The Balaban J connectivity index is 1.11. The molecule has 0 unspecified atom stereocenters. The van der Waals surface area contributed by atoms with E-state index < -0.39 is 60.4 Å². The Bertz CT molecular complexity index is 3980. The van der Waals surface area contributed by atoms with Gasteiger partial charge in [0.05, 0.1) is 41.5 Å². The van der Waals surface area contributed by atoms with Crippen molar-refractivity contribution in [3.63, 3.8) is 0 Å². The second kappa shape index (κ2) is 12.6. The SMILES string of the molecule is [2H]c1c([2H])c([2H])c(-c2nc(-c3ccc4c(c3)sc3cccc(-n5c6ccccc6c6ccc7c(c8ccccc8n7-c7ccccc7)c65)c34)nc(-c3c([2H])c([2H])c([2H])c([2H])c3[2H])n2)c([2H])c1[2H]. The molecule has 4 heterocycles. The van der Waals surface area contributed by atoms with Gasteiger partial charge in [-0.05, 0) is 48.5 Å². The molecule has 0 atom stereocenters. The average molecular weight is 756 g/mol. The highest BCUT2D eigenvalue weighted by molar-refractivity contribution is 7.26. The number of nitrogens with zero attached hydrogens (tertiary/aromatic N) is 5. The van der Waals surface area contributed by atoms with Crippen LogP contribution in [0.2, 0.25) is 0 Å². The second-order valence-corrected chi connectivity index (χ2v) is 14.7. The third kappa shape index (κ3) is 4.91. The van der Waals surface area contributed by atoms with Gasteiger partial charge in [-0.3, -0.25) is 0 Å². The molecule has 4 aromatic heterocycles. The maximum absolute atomic E-state index is 8.75. The number of hydrogen-bond donors (Lipinski definition) is 0. The Morgan fingerprint density at radius 1 is 0.421 bits per heavy atom. The summed E-state index contributed by atoms with van der Waals surface area (Å²) in [4.78, 5) is 13.8. The number of fused-ring (bicyclic) bond motifs is 10. The van der Waals surface area contributed by atoms with Crippen molar-refractivity contribution in [2.45, 2.75) is 0 Å². The van der Waals surface area contributed by atoms with Crippen molar-refractivity contribution in [1.82, 2.24) is 24.1 Å². The summed E-state index contributed by atoms with van der Waals surface area (Å²) in [5.41, 5.74) is 6.20. The van der Waals surface area contributed by atoms with Gasteiger partial charge in [0.15, 0.2) is 17.5 Å². The lowest BCUT2D eigenvalue weighted by Crippen LogP contribution is -2.00. The zero-order valence-corrected chi connectivity index (χ0v) is 30.6. The minimum Gasteiger partial charge on any atom is -0.309 e. The van der Waals surface area contributed by atoms with Crippen molar-refractivity contribution in [3.05, 3.63) is 188 Å². The molecule has 0 spiro atoms. The van der Waals surface area contributed by atoms with Gasteiger partial charge in [0.2, 0.25) is 0 Å². The van der Waals surface area contributed by atoms with Gasteiger partial charge >= 0.3 is 0 Å². The molecule has 0 fully saturated rings. The minimum atomic E-state index is -0.601. The van der Waals surface area contributed by atoms with E-state index in [0.29, 0.717) is 5.56 Å². The second-order valence-electron chi connectivity index (χ2n) is 13.7. The van der Waals surface area contributed by atoms with Crippen molar-refractivity contribution < 1.29 is 13.7 Å². The lowest BCUT2D eigenvalue weighted by atomic mass is 10.1. The van der Waals surface area contributed by atoms with E-state index in [0.717, 1.165) is 75.2 Å². The van der Waals surface area contributed by atoms with E-state index in [1.54, 1.807) is 11.3 Å². The van der Waals surface area contributed by atoms with Crippen LogP contribution in [0, 0.1) is 0 Å². The van der Waals surface area contributed by atoms with Crippen LogP contribution in [-0.4, -0.2) is 24.1 Å². The summed E-state index contributed by atoms with van der Waals surface area (Å²) in [5, 5.41) is 6.48. The number of para-hydroxylation sites is 3. The van der Waals surface area contributed by atoms with Crippen molar-refractivity contribution in [3.8, 4) is 45.5 Å². The molecule has 0 radical (unpaired) electrons. The van der Waals surface area contributed by atoms with Crippen molar-refractivity contribution in [2.24, 2.45) is 0 Å². The van der Waals surface area contributed by atoms with E-state index >= 15 is 0 Å². The van der Waals surface area contributed by atoms with E-state index in [1.807, 2.05) is 24.3 Å². The maximum Gasteiger partial charge on any atom is 0.164 e. The molecule has 12 aromatic rings. The molecule has 0 saturated carbocycles. The molecule has 0 aliphatic rings. The van der Waals surface area contributed by atoms with E-state index in [1.165, 1.54) is 0 Å². The minimum absolute atomic E-state index is 0.0119. The first kappa shape index (κ1) is 23.5. The van der Waals surface area contributed by atoms with Crippen LogP contribution in [0.1, 0.15) is 13.7 Å². The zero-order chi connectivity index (χ0) is 46.2. The third-order valence-electron chi connectivity index (χ3n) is 10.5. The molecule has 0 amide bonds. The van der Waals surface area contributed by atoms with E-state index in [-0.39, 0.29) is 28.6 Å². The number of aromatic nitrogens is 5. The molecule has 0 aliphatic carbocycles. The van der Waals surface area contributed by atoms with E-state index in [2.05, 4.69) is 127 Å². The molecular formula is C51H31N5S. The van der Waals surface area contributed by atoms with Crippen LogP contribution in [0.5, 0.6) is 0 Å². The fourth-order valence-corrected chi connectivity index (χ4v) is 9.36. The van der Waals surface area contributed by atoms with Gasteiger partial charge < -0.3 is 9.13 Å². The predicted molar refractivity (Wildman–Crippen MR) is 238 cm³/mol. The molecule has 0 bridgehead atoms. The Morgan fingerprint density at radius 2 is 1.04 bits per heavy atom. The monoisotopic (exact) mass is 755 g/mol. The van der Waals surface area contributed by atoms with Gasteiger partial charge in [0.25, 0.3) is 0 Å². The standard InChI is InChI=1S/C51H31N5S/c1-4-15-32(16-5-1)49-52-50(33-17-6-2-7-18-33)54-51(53-49)34-27-28-39-45(31-34)57-44-26-14-25-42(46(39)44)56-40-23-12-10-21-36(40)37-29-30-43-47(48(37)56)38-22-11-13-24-41(38)55(43)35-19-8-3-9-20-35/h1-31H/i1D,2D,4D,5D,6D,7D,15D,16D,17D,18D. The molecule has 8 aromatic carbocycles. The van der Waals surface area contributed by atoms with Gasteiger partial charge in [-0.15, -0.1) is 11.3 Å². The first-order valence-corrected chi connectivity index (χ1v) is 19.1. The summed E-state index contributed by atoms with van der Waals surface area (Å²) in [6.07, 6.45) is 0. The maximum atomic E-state index is 8.75. The summed E-state index contributed by atoms with van der Waals surface area (Å²) < 4.78 is 91.4. The molecule has 6 heteroatoms. The van der Waals surface area contributed by atoms with Crippen LogP contribution in [-0.2, 0) is 0 Å². The number of benzene rings is 8. The lowest BCUT2D eigenvalue weighted by Gasteiger charge is -2.12. The van der Waals surface area contributed by atoms with E-state index in [4.69, 9.17) is 13.7 Å². The molecule has 57 heavy (non-hydrogen) atoms. The van der Waals surface area contributed by atoms with Crippen LogP contribution in [0.3, 0.4) is 0 Å². The van der Waals surface area contributed by atoms with Gasteiger partial charge in [-0.1, -0.05) is 139 Å². The third-order valence-corrected chi connectivity index (χ3v) is 11.7. The highest BCUT2D eigenvalue weighted by Crippen LogP contribution is 2.45. The highest BCUT2D eigenvalue weighted by Gasteiger charge is 2.23. The zero-order valence-electron chi connectivity index (χ0n) is 39.8. The molecular weight excluding hydrogens is 715 g/mol. The lowest BCUT2D eigenvalue weighted by molar-refractivity contribution is 1.07. The molecule has 0 N–H and O–H groups in total. The van der Waals surface area contributed by atoms with Crippen LogP contribution in [0.25, 0.3) is 109 Å².